The number of hydrogen-bond donors (Lipinski definition) is 3. The van der Waals surface area contributed by atoms with Gasteiger partial charge in [-0.05, 0) is 30.0 Å². The van der Waals surface area contributed by atoms with E-state index in [9.17, 15) is 13.5 Å². The standard InChI is InChI=1S/C13H21BrN2O3S/c1-13(2,3)7-10(17)8-16-20(18,19)12-5-4-9(14)6-11(12)15/h4-6,10,16-17H,7-8,15H2,1-3H3. The number of nitrogens with one attached hydrogen (secondary N) is 1. The highest BCUT2D eigenvalue weighted by Crippen LogP contribution is 2.23. The lowest BCUT2D eigenvalue weighted by Gasteiger charge is -2.22. The molecule has 0 spiro atoms. The zero-order chi connectivity index (χ0) is 15.6. The van der Waals surface area contributed by atoms with E-state index in [2.05, 4.69) is 20.7 Å². The number of halogens is 1. The maximum Gasteiger partial charge on any atom is 0.242 e. The first-order valence-electron chi connectivity index (χ1n) is 6.24. The van der Waals surface area contributed by atoms with Crippen molar-refractivity contribution in [3.63, 3.8) is 0 Å². The SMILES string of the molecule is CC(C)(C)CC(O)CNS(=O)(=O)c1ccc(Br)cc1N. The first-order chi connectivity index (χ1) is 9.01. The molecule has 0 aliphatic carbocycles. The number of nitrogen functional groups attached to an aromatic ring is 1. The fourth-order valence-electron chi connectivity index (χ4n) is 1.83. The minimum absolute atomic E-state index is 0.0173. The number of nitrogens with two attached hydrogens (primary N) is 1. The normalized spacial score (nSPS) is 14.2. The van der Waals surface area contributed by atoms with Crippen molar-refractivity contribution in [1.29, 1.82) is 0 Å². The quantitative estimate of drug-likeness (QED) is 0.697. The molecule has 1 aromatic rings. The largest absolute Gasteiger partial charge is 0.398 e. The Bertz CT molecular complexity index is 567. The van der Waals surface area contributed by atoms with Crippen LogP contribution in [0.4, 0.5) is 5.69 Å². The Morgan fingerprint density at radius 3 is 2.50 bits per heavy atom. The van der Waals surface area contributed by atoms with E-state index >= 15 is 0 Å². The van der Waals surface area contributed by atoms with E-state index < -0.39 is 16.1 Å². The summed E-state index contributed by atoms with van der Waals surface area (Å²) in [5.74, 6) is 0. The molecule has 1 atom stereocenters. The number of aliphatic hydroxyl groups excluding tert-OH is 1. The van der Waals surface area contributed by atoms with Crippen LogP contribution < -0.4 is 10.5 Å². The topological polar surface area (TPSA) is 92.4 Å². The first-order valence-corrected chi connectivity index (χ1v) is 8.52. The molecule has 0 radical (unpaired) electrons. The van der Waals surface area contributed by atoms with Gasteiger partial charge < -0.3 is 10.8 Å². The van der Waals surface area contributed by atoms with Crippen LogP contribution in [-0.2, 0) is 10.0 Å². The van der Waals surface area contributed by atoms with Crippen molar-refractivity contribution in [3.05, 3.63) is 22.7 Å². The van der Waals surface area contributed by atoms with Crippen LogP contribution >= 0.6 is 15.9 Å². The number of sulfonamides is 1. The van der Waals surface area contributed by atoms with E-state index in [1.165, 1.54) is 12.1 Å². The van der Waals surface area contributed by atoms with E-state index in [-0.39, 0.29) is 22.5 Å². The van der Waals surface area contributed by atoms with Crippen molar-refractivity contribution < 1.29 is 13.5 Å². The van der Waals surface area contributed by atoms with Gasteiger partial charge in [0.05, 0.1) is 11.8 Å². The Labute approximate surface area is 128 Å². The van der Waals surface area contributed by atoms with Crippen LogP contribution in [0.3, 0.4) is 0 Å². The second kappa shape index (κ2) is 6.43. The second-order valence-electron chi connectivity index (χ2n) is 5.95. The van der Waals surface area contributed by atoms with Gasteiger partial charge in [-0.3, -0.25) is 0 Å². The highest BCUT2D eigenvalue weighted by molar-refractivity contribution is 9.10. The Kier molecular flexibility index (Phi) is 5.60. The molecule has 0 saturated heterocycles. The predicted octanol–water partition coefficient (Wildman–Crippen LogP) is 2.11. The molecular weight excluding hydrogens is 344 g/mol. The van der Waals surface area contributed by atoms with Crippen LogP contribution in [0.1, 0.15) is 27.2 Å². The molecule has 1 rings (SSSR count). The molecule has 114 valence electrons. The Balaban J connectivity index is 2.76. The lowest BCUT2D eigenvalue weighted by Crippen LogP contribution is -2.34. The molecule has 5 nitrogen and oxygen atoms in total. The maximum absolute atomic E-state index is 12.1. The van der Waals surface area contributed by atoms with Crippen LogP contribution in [0, 0.1) is 5.41 Å². The number of rotatable bonds is 5. The Hall–Kier alpha value is -0.630. The average Bonchev–Trinajstić information content (AvgIpc) is 2.23. The van der Waals surface area contributed by atoms with Gasteiger partial charge in [0.25, 0.3) is 0 Å². The molecule has 0 saturated carbocycles. The van der Waals surface area contributed by atoms with Crippen LogP contribution in [-0.4, -0.2) is 26.2 Å². The third-order valence-electron chi connectivity index (χ3n) is 2.62. The van der Waals surface area contributed by atoms with Crippen molar-refractivity contribution in [2.75, 3.05) is 12.3 Å². The Morgan fingerprint density at radius 2 is 2.00 bits per heavy atom. The molecule has 0 amide bonds. The average molecular weight is 365 g/mol. The number of anilines is 1. The van der Waals surface area contributed by atoms with Gasteiger partial charge in [-0.25, -0.2) is 13.1 Å². The molecule has 0 aromatic heterocycles. The van der Waals surface area contributed by atoms with Crippen molar-refractivity contribution in [2.45, 2.75) is 38.2 Å². The van der Waals surface area contributed by atoms with Gasteiger partial charge in [0, 0.05) is 11.0 Å². The van der Waals surface area contributed by atoms with Crippen molar-refractivity contribution in [3.8, 4) is 0 Å². The molecule has 0 aliphatic heterocycles. The van der Waals surface area contributed by atoms with Crippen molar-refractivity contribution in [1.82, 2.24) is 4.72 Å². The zero-order valence-corrected chi connectivity index (χ0v) is 14.3. The van der Waals surface area contributed by atoms with Crippen LogP contribution in [0.15, 0.2) is 27.6 Å². The molecule has 1 unspecified atom stereocenters. The molecule has 0 aliphatic rings. The van der Waals surface area contributed by atoms with E-state index in [4.69, 9.17) is 5.73 Å². The summed E-state index contributed by atoms with van der Waals surface area (Å²) in [6.07, 6.45) is -0.229. The fraction of sp³-hybridized carbons (Fsp3) is 0.538. The smallest absolute Gasteiger partial charge is 0.242 e. The second-order valence-corrected chi connectivity index (χ2v) is 8.60. The number of hydrogen-bond acceptors (Lipinski definition) is 4. The van der Waals surface area contributed by atoms with Gasteiger partial charge in [0.2, 0.25) is 10.0 Å². The Morgan fingerprint density at radius 1 is 1.40 bits per heavy atom. The lowest BCUT2D eigenvalue weighted by atomic mass is 9.89. The number of benzene rings is 1. The summed E-state index contributed by atoms with van der Waals surface area (Å²) in [5, 5.41) is 9.84. The summed E-state index contributed by atoms with van der Waals surface area (Å²) >= 11 is 3.22. The molecular formula is C13H21BrN2O3S. The summed E-state index contributed by atoms with van der Waals surface area (Å²) < 4.78 is 27.3. The minimum Gasteiger partial charge on any atom is -0.398 e. The zero-order valence-electron chi connectivity index (χ0n) is 11.9. The lowest BCUT2D eigenvalue weighted by molar-refractivity contribution is 0.125. The molecule has 0 fully saturated rings. The fourth-order valence-corrected chi connectivity index (χ4v) is 3.39. The summed E-state index contributed by atoms with van der Waals surface area (Å²) in [7, 11) is -3.71. The van der Waals surface area contributed by atoms with Gasteiger partial charge in [-0.15, -0.1) is 0 Å². The van der Waals surface area contributed by atoms with E-state index in [1.54, 1.807) is 6.07 Å². The van der Waals surface area contributed by atoms with Crippen molar-refractivity contribution in [2.24, 2.45) is 5.41 Å². The highest BCUT2D eigenvalue weighted by Gasteiger charge is 2.21. The van der Waals surface area contributed by atoms with Gasteiger partial charge in [-0.2, -0.15) is 0 Å². The monoisotopic (exact) mass is 364 g/mol. The first kappa shape index (κ1) is 17.4. The molecule has 4 N–H and O–H groups in total. The minimum atomic E-state index is -3.71. The summed E-state index contributed by atoms with van der Waals surface area (Å²) in [6.45, 7) is 5.92. The van der Waals surface area contributed by atoms with Gasteiger partial charge in [0.15, 0.2) is 0 Å². The van der Waals surface area contributed by atoms with Crippen LogP contribution in [0.2, 0.25) is 0 Å². The predicted molar refractivity (Wildman–Crippen MR) is 83.8 cm³/mol. The van der Waals surface area contributed by atoms with Gasteiger partial charge in [-0.1, -0.05) is 36.7 Å². The summed E-state index contributed by atoms with van der Waals surface area (Å²) in [4.78, 5) is 0.0173. The van der Waals surface area contributed by atoms with E-state index in [0.29, 0.717) is 10.9 Å². The molecule has 0 heterocycles. The van der Waals surface area contributed by atoms with E-state index in [1.807, 2.05) is 20.8 Å². The molecule has 20 heavy (non-hydrogen) atoms. The summed E-state index contributed by atoms with van der Waals surface area (Å²) in [6, 6.07) is 4.56. The van der Waals surface area contributed by atoms with Crippen molar-refractivity contribution >= 4 is 31.6 Å². The van der Waals surface area contributed by atoms with E-state index in [0.717, 1.165) is 0 Å². The van der Waals surface area contributed by atoms with Crippen LogP contribution in [0.5, 0.6) is 0 Å². The molecule has 1 aromatic carbocycles. The third-order valence-corrected chi connectivity index (χ3v) is 4.61. The summed E-state index contributed by atoms with van der Waals surface area (Å²) in [5.41, 5.74) is 5.80. The maximum atomic E-state index is 12.1. The van der Waals surface area contributed by atoms with Crippen LogP contribution in [0.25, 0.3) is 0 Å². The molecule has 0 bridgehead atoms. The van der Waals surface area contributed by atoms with Gasteiger partial charge in [0.1, 0.15) is 4.90 Å². The highest BCUT2D eigenvalue weighted by atomic mass is 79.9. The van der Waals surface area contributed by atoms with Gasteiger partial charge >= 0.3 is 0 Å². The molecule has 7 heteroatoms. The third kappa shape index (κ3) is 5.40. The number of aliphatic hydroxyl groups is 1.